The second kappa shape index (κ2) is 6.37. The van der Waals surface area contributed by atoms with E-state index in [0.717, 1.165) is 31.4 Å². The molecule has 1 aliphatic heterocycles. The van der Waals surface area contributed by atoms with Gasteiger partial charge in [-0.2, -0.15) is 13.2 Å². The van der Waals surface area contributed by atoms with Gasteiger partial charge in [0.1, 0.15) is 0 Å². The second-order valence-corrected chi connectivity index (χ2v) is 5.14. The van der Waals surface area contributed by atoms with Crippen molar-refractivity contribution in [1.82, 2.24) is 4.90 Å². The van der Waals surface area contributed by atoms with Gasteiger partial charge in [0.2, 0.25) is 0 Å². The number of carbonyl (C=O) groups is 1. The van der Waals surface area contributed by atoms with Crippen molar-refractivity contribution in [2.24, 2.45) is 0 Å². The van der Waals surface area contributed by atoms with Crippen molar-refractivity contribution in [2.75, 3.05) is 25.0 Å². The first-order valence-corrected chi connectivity index (χ1v) is 7.18. The van der Waals surface area contributed by atoms with Crippen LogP contribution in [0.2, 0.25) is 0 Å². The largest absolute Gasteiger partial charge is 0.416 e. The number of anilines is 1. The van der Waals surface area contributed by atoms with Gasteiger partial charge >= 0.3 is 6.18 Å². The minimum absolute atomic E-state index is 0.105. The first-order valence-electron chi connectivity index (χ1n) is 7.18. The fourth-order valence-electron chi connectivity index (χ4n) is 2.51. The van der Waals surface area contributed by atoms with Crippen LogP contribution < -0.4 is 5.32 Å². The summed E-state index contributed by atoms with van der Waals surface area (Å²) in [6.07, 6.45) is -1.57. The van der Waals surface area contributed by atoms with Gasteiger partial charge in [-0.15, -0.1) is 0 Å². The van der Waals surface area contributed by atoms with Crippen molar-refractivity contribution in [2.45, 2.75) is 32.4 Å². The Hall–Kier alpha value is -1.72. The molecule has 1 aliphatic rings. The molecule has 21 heavy (non-hydrogen) atoms. The van der Waals surface area contributed by atoms with Crippen LogP contribution in [0.1, 0.15) is 42.1 Å². The number of halogens is 3. The fraction of sp³-hybridized carbons (Fsp3) is 0.533. The Labute approximate surface area is 122 Å². The maximum Gasteiger partial charge on any atom is 0.416 e. The highest BCUT2D eigenvalue weighted by atomic mass is 19.4. The van der Waals surface area contributed by atoms with Crippen molar-refractivity contribution in [3.05, 3.63) is 29.3 Å². The first kappa shape index (κ1) is 15.7. The van der Waals surface area contributed by atoms with Gasteiger partial charge in [-0.1, -0.05) is 0 Å². The molecule has 6 heteroatoms. The number of rotatable bonds is 3. The molecule has 0 unspecified atom stereocenters. The molecule has 2 rings (SSSR count). The maximum absolute atomic E-state index is 12.8. The van der Waals surface area contributed by atoms with E-state index in [4.69, 9.17) is 0 Å². The number of alkyl halides is 3. The van der Waals surface area contributed by atoms with Crippen LogP contribution in [0.25, 0.3) is 0 Å². The minimum atomic E-state index is -4.44. The van der Waals surface area contributed by atoms with Crippen LogP contribution in [0.3, 0.4) is 0 Å². The van der Waals surface area contributed by atoms with Crippen molar-refractivity contribution in [3.8, 4) is 0 Å². The SMILES string of the molecule is CCNc1ccc(C(F)(F)F)cc1C(=O)N1CCCCC1. The number of hydrogen-bond donors (Lipinski definition) is 1. The molecule has 0 atom stereocenters. The lowest BCUT2D eigenvalue weighted by atomic mass is 10.0. The summed E-state index contributed by atoms with van der Waals surface area (Å²) in [7, 11) is 0. The summed E-state index contributed by atoms with van der Waals surface area (Å²) in [4.78, 5) is 14.1. The Morgan fingerprint density at radius 1 is 1.24 bits per heavy atom. The molecule has 0 aromatic heterocycles. The lowest BCUT2D eigenvalue weighted by molar-refractivity contribution is -0.137. The maximum atomic E-state index is 12.8. The number of carbonyl (C=O) groups excluding carboxylic acids is 1. The van der Waals surface area contributed by atoms with Gasteiger partial charge in [0.15, 0.2) is 0 Å². The molecule has 1 saturated heterocycles. The van der Waals surface area contributed by atoms with E-state index in [-0.39, 0.29) is 11.5 Å². The van der Waals surface area contributed by atoms with E-state index in [2.05, 4.69) is 5.32 Å². The Kier molecular flexibility index (Phi) is 4.75. The number of nitrogens with one attached hydrogen (secondary N) is 1. The van der Waals surface area contributed by atoms with Gasteiger partial charge in [0.05, 0.1) is 11.1 Å². The topological polar surface area (TPSA) is 32.3 Å². The van der Waals surface area contributed by atoms with Crippen molar-refractivity contribution in [3.63, 3.8) is 0 Å². The highest BCUT2D eigenvalue weighted by Crippen LogP contribution is 2.32. The molecule has 3 nitrogen and oxygen atoms in total. The smallest absolute Gasteiger partial charge is 0.385 e. The molecule has 0 aliphatic carbocycles. The van der Waals surface area contributed by atoms with Crippen LogP contribution in [-0.2, 0) is 6.18 Å². The minimum Gasteiger partial charge on any atom is -0.385 e. The number of hydrogen-bond acceptors (Lipinski definition) is 2. The highest BCUT2D eigenvalue weighted by molar-refractivity contribution is 6.00. The summed E-state index contributed by atoms with van der Waals surface area (Å²) in [5.41, 5.74) is -0.223. The Morgan fingerprint density at radius 3 is 2.48 bits per heavy atom. The summed E-state index contributed by atoms with van der Waals surface area (Å²) in [5, 5.41) is 2.96. The average Bonchev–Trinajstić information content (AvgIpc) is 2.47. The molecular formula is C15H19F3N2O. The predicted molar refractivity (Wildman–Crippen MR) is 75.4 cm³/mol. The lowest BCUT2D eigenvalue weighted by Crippen LogP contribution is -2.36. The molecule has 116 valence electrons. The molecule has 1 aromatic carbocycles. The summed E-state index contributed by atoms with van der Waals surface area (Å²) < 4.78 is 38.5. The molecule has 1 aromatic rings. The Morgan fingerprint density at radius 2 is 1.90 bits per heavy atom. The predicted octanol–water partition coefficient (Wildman–Crippen LogP) is 3.76. The number of likely N-dealkylation sites (tertiary alicyclic amines) is 1. The van der Waals surface area contributed by atoms with Crippen LogP contribution >= 0.6 is 0 Å². The van der Waals surface area contributed by atoms with E-state index in [1.807, 2.05) is 6.92 Å². The first-order chi connectivity index (χ1) is 9.93. The van der Waals surface area contributed by atoms with Gasteiger partial charge in [0, 0.05) is 25.3 Å². The van der Waals surface area contributed by atoms with Gasteiger partial charge in [-0.05, 0) is 44.4 Å². The van der Waals surface area contributed by atoms with Crippen LogP contribution in [0.4, 0.5) is 18.9 Å². The van der Waals surface area contributed by atoms with E-state index in [0.29, 0.717) is 25.3 Å². The molecule has 1 amide bonds. The summed E-state index contributed by atoms with van der Waals surface area (Å²) in [6.45, 7) is 3.61. The quantitative estimate of drug-likeness (QED) is 0.921. The molecule has 1 N–H and O–H groups in total. The molecule has 0 radical (unpaired) electrons. The van der Waals surface area contributed by atoms with E-state index >= 15 is 0 Å². The molecular weight excluding hydrogens is 281 g/mol. The molecule has 0 bridgehead atoms. The standard InChI is InChI=1S/C15H19F3N2O/c1-2-19-13-7-6-11(15(16,17)18)10-12(13)14(21)20-8-4-3-5-9-20/h6-7,10,19H,2-5,8-9H2,1H3. The summed E-state index contributed by atoms with van der Waals surface area (Å²) in [6, 6.07) is 3.30. The van der Waals surface area contributed by atoms with Crippen LogP contribution in [-0.4, -0.2) is 30.4 Å². The van der Waals surface area contributed by atoms with Gasteiger partial charge in [0.25, 0.3) is 5.91 Å². The number of amides is 1. The third-order valence-electron chi connectivity index (χ3n) is 3.59. The fourth-order valence-corrected chi connectivity index (χ4v) is 2.51. The third-order valence-corrected chi connectivity index (χ3v) is 3.59. The zero-order valence-corrected chi connectivity index (χ0v) is 12.0. The normalized spacial score (nSPS) is 15.9. The number of nitrogens with zero attached hydrogens (tertiary/aromatic N) is 1. The second-order valence-electron chi connectivity index (χ2n) is 5.14. The Balaban J connectivity index is 2.35. The number of benzene rings is 1. The van der Waals surface area contributed by atoms with E-state index in [9.17, 15) is 18.0 Å². The zero-order valence-electron chi connectivity index (χ0n) is 12.0. The molecule has 0 spiro atoms. The van der Waals surface area contributed by atoms with Crippen molar-refractivity contribution in [1.29, 1.82) is 0 Å². The van der Waals surface area contributed by atoms with Gasteiger partial charge in [-0.3, -0.25) is 4.79 Å². The van der Waals surface area contributed by atoms with E-state index < -0.39 is 11.7 Å². The third kappa shape index (κ3) is 3.68. The van der Waals surface area contributed by atoms with Gasteiger partial charge < -0.3 is 10.2 Å². The van der Waals surface area contributed by atoms with Crippen molar-refractivity contribution >= 4 is 11.6 Å². The van der Waals surface area contributed by atoms with Crippen LogP contribution in [0.5, 0.6) is 0 Å². The molecule has 1 heterocycles. The summed E-state index contributed by atoms with van der Waals surface area (Å²) >= 11 is 0. The lowest BCUT2D eigenvalue weighted by Gasteiger charge is -2.28. The van der Waals surface area contributed by atoms with Crippen LogP contribution in [0.15, 0.2) is 18.2 Å². The average molecular weight is 300 g/mol. The van der Waals surface area contributed by atoms with E-state index in [1.165, 1.54) is 6.07 Å². The van der Waals surface area contributed by atoms with E-state index in [1.54, 1.807) is 4.90 Å². The van der Waals surface area contributed by atoms with Crippen LogP contribution in [0, 0.1) is 0 Å². The molecule has 0 saturated carbocycles. The highest BCUT2D eigenvalue weighted by Gasteiger charge is 2.32. The number of piperidine rings is 1. The van der Waals surface area contributed by atoms with Gasteiger partial charge in [-0.25, -0.2) is 0 Å². The molecule has 1 fully saturated rings. The zero-order chi connectivity index (χ0) is 15.5. The van der Waals surface area contributed by atoms with Crippen molar-refractivity contribution < 1.29 is 18.0 Å². The Bertz CT molecular complexity index is 508. The summed E-state index contributed by atoms with van der Waals surface area (Å²) in [5.74, 6) is -0.322. The monoisotopic (exact) mass is 300 g/mol.